The highest BCUT2D eigenvalue weighted by Gasteiger charge is 2.35. The summed E-state index contributed by atoms with van der Waals surface area (Å²) in [5.74, 6) is 0.920. The lowest BCUT2D eigenvalue weighted by Crippen LogP contribution is -2.56. The minimum atomic E-state index is -0.593. The Hall–Kier alpha value is -2.48. The Kier molecular flexibility index (Phi) is 4.50. The average Bonchev–Trinajstić information content (AvgIpc) is 3.05. The largest absolute Gasteiger partial charge is 0.377 e. The summed E-state index contributed by atoms with van der Waals surface area (Å²) < 4.78 is 7.28. The molecule has 2 unspecified atom stereocenters. The van der Waals surface area contributed by atoms with Gasteiger partial charge in [0.05, 0.1) is 12.3 Å². The van der Waals surface area contributed by atoms with Crippen LogP contribution in [0.2, 0.25) is 0 Å². The Bertz CT molecular complexity index is 978. The first-order valence-corrected chi connectivity index (χ1v) is 9.81. The smallest absolute Gasteiger partial charge is 0.130 e. The summed E-state index contributed by atoms with van der Waals surface area (Å²) in [6, 6.07) is 8.28. The summed E-state index contributed by atoms with van der Waals surface area (Å²) in [7, 11) is 1.92. The fourth-order valence-electron chi connectivity index (χ4n) is 3.91. The van der Waals surface area contributed by atoms with E-state index in [9.17, 15) is 5.11 Å². The zero-order valence-electron chi connectivity index (χ0n) is 16.0. The van der Waals surface area contributed by atoms with E-state index in [1.807, 2.05) is 31.7 Å². The van der Waals surface area contributed by atoms with E-state index in [0.29, 0.717) is 11.9 Å². The molecule has 7 nitrogen and oxygen atoms in total. The van der Waals surface area contributed by atoms with Gasteiger partial charge in [-0.15, -0.1) is 0 Å². The van der Waals surface area contributed by atoms with Crippen molar-refractivity contribution in [2.45, 2.75) is 18.8 Å². The van der Waals surface area contributed by atoms with E-state index in [2.05, 4.69) is 38.5 Å². The Morgan fingerprint density at radius 1 is 1.21 bits per heavy atom. The quantitative estimate of drug-likeness (QED) is 0.639. The second kappa shape index (κ2) is 7.16. The summed E-state index contributed by atoms with van der Waals surface area (Å²) >= 11 is 0. The van der Waals surface area contributed by atoms with Gasteiger partial charge in [-0.25, -0.2) is 4.98 Å². The lowest BCUT2D eigenvalue weighted by atomic mass is 9.96. The summed E-state index contributed by atoms with van der Waals surface area (Å²) in [5.41, 5.74) is 2.20. The van der Waals surface area contributed by atoms with Crippen LogP contribution in [0.3, 0.4) is 0 Å². The maximum atomic E-state index is 10.5. The number of pyridine rings is 1. The van der Waals surface area contributed by atoms with Gasteiger partial charge in [0, 0.05) is 62.6 Å². The van der Waals surface area contributed by atoms with Crippen LogP contribution in [0.1, 0.15) is 6.42 Å². The molecule has 28 heavy (non-hydrogen) atoms. The fraction of sp³-hybridized carbons (Fsp3) is 0.429. The van der Waals surface area contributed by atoms with Crippen molar-refractivity contribution in [3.05, 3.63) is 42.9 Å². The first-order chi connectivity index (χ1) is 13.6. The van der Waals surface area contributed by atoms with Crippen LogP contribution < -0.4 is 5.32 Å². The molecular weight excluding hydrogens is 354 g/mol. The molecule has 0 saturated carbocycles. The van der Waals surface area contributed by atoms with E-state index in [-0.39, 0.29) is 5.92 Å². The second-order valence-corrected chi connectivity index (χ2v) is 7.88. The molecule has 1 aromatic carbocycles. The van der Waals surface area contributed by atoms with Crippen molar-refractivity contribution in [2.24, 2.45) is 13.0 Å². The summed E-state index contributed by atoms with van der Waals surface area (Å²) in [6.07, 6.45) is 6.67. The minimum absolute atomic E-state index is 0.222. The first-order valence-electron chi connectivity index (χ1n) is 9.81. The molecule has 2 aromatic heterocycles. The maximum Gasteiger partial charge on any atom is 0.130 e. The number of rotatable bonds is 6. The molecule has 2 aliphatic rings. The van der Waals surface area contributed by atoms with Crippen LogP contribution in [-0.4, -0.2) is 63.3 Å². The van der Waals surface area contributed by atoms with Gasteiger partial charge in [0.25, 0.3) is 0 Å². The lowest BCUT2D eigenvalue weighted by molar-refractivity contribution is -0.0911. The van der Waals surface area contributed by atoms with Crippen molar-refractivity contribution >= 4 is 16.6 Å². The molecule has 2 atom stereocenters. The zero-order chi connectivity index (χ0) is 19.1. The van der Waals surface area contributed by atoms with Gasteiger partial charge in [0.1, 0.15) is 12.0 Å². The molecule has 0 aliphatic carbocycles. The molecule has 0 amide bonds. The Morgan fingerprint density at radius 2 is 2.07 bits per heavy atom. The Labute approximate surface area is 163 Å². The zero-order valence-corrected chi connectivity index (χ0v) is 16.0. The van der Waals surface area contributed by atoms with E-state index < -0.39 is 6.23 Å². The van der Waals surface area contributed by atoms with E-state index in [4.69, 9.17) is 4.74 Å². The van der Waals surface area contributed by atoms with Crippen molar-refractivity contribution < 1.29 is 9.84 Å². The molecule has 3 aromatic rings. The molecule has 0 radical (unpaired) electrons. The van der Waals surface area contributed by atoms with E-state index >= 15 is 0 Å². The summed E-state index contributed by atoms with van der Waals surface area (Å²) in [4.78, 5) is 6.80. The number of anilines is 1. The third kappa shape index (κ3) is 3.48. The second-order valence-electron chi connectivity index (χ2n) is 7.88. The number of aryl methyl sites for hydroxylation is 1. The van der Waals surface area contributed by atoms with Crippen molar-refractivity contribution in [3.63, 3.8) is 0 Å². The van der Waals surface area contributed by atoms with Crippen LogP contribution in [0.25, 0.3) is 21.9 Å². The number of nitrogens with one attached hydrogen (secondary N) is 1. The van der Waals surface area contributed by atoms with Gasteiger partial charge < -0.3 is 15.2 Å². The Balaban J connectivity index is 1.25. The van der Waals surface area contributed by atoms with Crippen LogP contribution in [0, 0.1) is 5.92 Å². The molecule has 0 bridgehead atoms. The highest BCUT2D eigenvalue weighted by Crippen LogP contribution is 2.27. The van der Waals surface area contributed by atoms with Crippen molar-refractivity contribution in [1.29, 1.82) is 0 Å². The number of ether oxygens (including phenoxy) is 1. The normalized spacial score (nSPS) is 21.3. The van der Waals surface area contributed by atoms with Gasteiger partial charge in [-0.3, -0.25) is 9.58 Å². The van der Waals surface area contributed by atoms with Gasteiger partial charge in [-0.2, -0.15) is 5.10 Å². The number of nitrogens with zero attached hydrogens (tertiary/aromatic N) is 4. The molecule has 2 N–H and O–H groups in total. The van der Waals surface area contributed by atoms with Gasteiger partial charge in [-0.05, 0) is 29.5 Å². The van der Waals surface area contributed by atoms with E-state index in [1.54, 1.807) is 4.68 Å². The molecule has 2 aliphatic heterocycles. The third-order valence-electron chi connectivity index (χ3n) is 5.74. The van der Waals surface area contributed by atoms with Crippen molar-refractivity contribution in [3.8, 4) is 11.1 Å². The van der Waals surface area contributed by atoms with E-state index in [1.165, 1.54) is 0 Å². The van der Waals surface area contributed by atoms with Crippen molar-refractivity contribution in [2.75, 3.05) is 31.6 Å². The van der Waals surface area contributed by atoms with Gasteiger partial charge in [0.15, 0.2) is 0 Å². The number of hydrogen-bond acceptors (Lipinski definition) is 6. The monoisotopic (exact) mass is 379 g/mol. The highest BCUT2D eigenvalue weighted by atomic mass is 16.5. The number of aromatic nitrogens is 3. The predicted octanol–water partition coefficient (Wildman–Crippen LogP) is 2.09. The fourth-order valence-corrected chi connectivity index (χ4v) is 3.91. The molecule has 146 valence electrons. The van der Waals surface area contributed by atoms with Crippen LogP contribution in [-0.2, 0) is 11.8 Å². The Morgan fingerprint density at radius 3 is 2.79 bits per heavy atom. The third-order valence-corrected chi connectivity index (χ3v) is 5.74. The number of fused-ring (bicyclic) bond motifs is 1. The standard InChI is InChI=1S/C21H25N5O2/c1-25-10-17(9-23-25)14-2-3-15-8-22-20(7-16(15)6-14)24-21(27)18-11-26(12-18)13-19-4-5-28-19/h2-3,6-10,18-19,21,27H,4-5,11-13H2,1H3,(H,22,24). The number of hydrogen-bond donors (Lipinski definition) is 2. The van der Waals surface area contributed by atoms with E-state index in [0.717, 1.165) is 54.6 Å². The van der Waals surface area contributed by atoms with Gasteiger partial charge in [-0.1, -0.05) is 12.1 Å². The van der Waals surface area contributed by atoms with Gasteiger partial charge >= 0.3 is 0 Å². The van der Waals surface area contributed by atoms with Gasteiger partial charge in [0.2, 0.25) is 0 Å². The summed E-state index contributed by atoms with van der Waals surface area (Å²) in [5, 5.41) is 20.1. The minimum Gasteiger partial charge on any atom is -0.377 e. The highest BCUT2D eigenvalue weighted by molar-refractivity contribution is 5.88. The number of likely N-dealkylation sites (tertiary alicyclic amines) is 1. The SMILES string of the molecule is Cn1cc(-c2ccc3cnc(NC(O)C4CN(CC5CCO5)C4)cc3c2)cn1. The maximum absolute atomic E-state index is 10.5. The molecule has 4 heterocycles. The summed E-state index contributed by atoms with van der Waals surface area (Å²) in [6.45, 7) is 3.66. The predicted molar refractivity (Wildman–Crippen MR) is 108 cm³/mol. The molecule has 7 heteroatoms. The lowest BCUT2D eigenvalue weighted by Gasteiger charge is -2.44. The number of aliphatic hydroxyl groups excluding tert-OH is 1. The molecule has 2 fully saturated rings. The topological polar surface area (TPSA) is 75.4 Å². The number of aliphatic hydroxyl groups is 1. The van der Waals surface area contributed by atoms with Crippen LogP contribution in [0.15, 0.2) is 42.9 Å². The van der Waals surface area contributed by atoms with Crippen LogP contribution in [0.4, 0.5) is 5.82 Å². The van der Waals surface area contributed by atoms with Crippen LogP contribution in [0.5, 0.6) is 0 Å². The van der Waals surface area contributed by atoms with Crippen LogP contribution >= 0.6 is 0 Å². The first kappa shape index (κ1) is 17.6. The average molecular weight is 379 g/mol. The molecular formula is C21H25N5O2. The molecule has 2 saturated heterocycles. The van der Waals surface area contributed by atoms with Crippen molar-refractivity contribution in [1.82, 2.24) is 19.7 Å². The molecule has 0 spiro atoms. The number of benzene rings is 1. The molecule has 5 rings (SSSR count).